The number of nitrogens with zero attached hydrogens (tertiary/aromatic N) is 1. The summed E-state index contributed by atoms with van der Waals surface area (Å²) in [4.78, 5) is 0. The van der Waals surface area contributed by atoms with Crippen LogP contribution >= 0.6 is 0 Å². The van der Waals surface area contributed by atoms with Gasteiger partial charge in [0.2, 0.25) is 0 Å². The molecule has 122 valence electrons. The summed E-state index contributed by atoms with van der Waals surface area (Å²) in [6.45, 7) is 8.59. The molecular weight excluding hydrogens is 246 g/mol. The second-order valence-corrected chi connectivity index (χ2v) is 7.19. The third-order valence-electron chi connectivity index (χ3n) is 3.87. The second kappa shape index (κ2) is 12.6. The van der Waals surface area contributed by atoms with Crippen LogP contribution in [-0.4, -0.2) is 38.0 Å². The maximum absolute atomic E-state index is 5.72. The zero-order chi connectivity index (χ0) is 15.3. The Hall–Kier alpha value is -0.0800. The van der Waals surface area contributed by atoms with Gasteiger partial charge in [-0.15, -0.1) is 0 Å². The lowest BCUT2D eigenvalue weighted by atomic mass is 10.1. The largest absolute Gasteiger partial charge is 0.329 e. The van der Waals surface area contributed by atoms with E-state index < -0.39 is 0 Å². The molecule has 0 bridgehead atoms. The van der Waals surface area contributed by atoms with Crippen LogP contribution in [0.5, 0.6) is 0 Å². The average molecular weight is 287 g/mol. The molecular formula is C18H40NO+. The molecule has 20 heavy (non-hydrogen) atoms. The third kappa shape index (κ3) is 14.3. The van der Waals surface area contributed by atoms with E-state index in [9.17, 15) is 0 Å². The SMILES string of the molecule is CCCCCCCCCCCC[N+](C)(C)COC(C)C. The highest BCUT2D eigenvalue weighted by Gasteiger charge is 2.14. The van der Waals surface area contributed by atoms with Crippen LogP contribution in [0.25, 0.3) is 0 Å². The first kappa shape index (κ1) is 19.9. The Morgan fingerprint density at radius 1 is 0.750 bits per heavy atom. The van der Waals surface area contributed by atoms with Gasteiger partial charge in [-0.2, -0.15) is 0 Å². The first-order chi connectivity index (χ1) is 9.48. The van der Waals surface area contributed by atoms with Crippen molar-refractivity contribution >= 4 is 0 Å². The van der Waals surface area contributed by atoms with Crippen molar-refractivity contribution in [3.63, 3.8) is 0 Å². The quantitative estimate of drug-likeness (QED) is 0.237. The highest BCUT2D eigenvalue weighted by atomic mass is 16.5. The molecule has 0 aliphatic carbocycles. The Morgan fingerprint density at radius 3 is 1.65 bits per heavy atom. The van der Waals surface area contributed by atoms with Crippen molar-refractivity contribution in [3.8, 4) is 0 Å². The summed E-state index contributed by atoms with van der Waals surface area (Å²) in [6.07, 6.45) is 14.5. The second-order valence-electron chi connectivity index (χ2n) is 7.19. The summed E-state index contributed by atoms with van der Waals surface area (Å²) < 4.78 is 6.72. The van der Waals surface area contributed by atoms with Gasteiger partial charge < -0.3 is 9.22 Å². The van der Waals surface area contributed by atoms with Crippen LogP contribution in [0.15, 0.2) is 0 Å². The number of quaternary nitrogens is 1. The highest BCUT2D eigenvalue weighted by Crippen LogP contribution is 2.11. The maximum Gasteiger partial charge on any atom is 0.183 e. The number of ether oxygens (including phenoxy) is 1. The summed E-state index contributed by atoms with van der Waals surface area (Å²) in [5.74, 6) is 0. The van der Waals surface area contributed by atoms with Crippen LogP contribution in [0, 0.1) is 0 Å². The molecule has 0 aliphatic rings. The van der Waals surface area contributed by atoms with Crippen molar-refractivity contribution in [1.82, 2.24) is 0 Å². The molecule has 0 aromatic carbocycles. The first-order valence-electron chi connectivity index (χ1n) is 8.91. The zero-order valence-corrected chi connectivity index (χ0v) is 14.9. The molecule has 0 saturated heterocycles. The molecule has 0 N–H and O–H groups in total. The summed E-state index contributed by atoms with van der Waals surface area (Å²) in [6, 6.07) is 0. The van der Waals surface area contributed by atoms with Crippen LogP contribution in [0.1, 0.15) is 85.0 Å². The van der Waals surface area contributed by atoms with Gasteiger partial charge >= 0.3 is 0 Å². The Labute approximate surface area is 128 Å². The van der Waals surface area contributed by atoms with Gasteiger partial charge in [-0.05, 0) is 26.7 Å². The van der Waals surface area contributed by atoms with Crippen molar-refractivity contribution < 1.29 is 9.22 Å². The lowest BCUT2D eigenvalue weighted by molar-refractivity contribution is -0.910. The average Bonchev–Trinajstić information content (AvgIpc) is 2.39. The van der Waals surface area contributed by atoms with Gasteiger partial charge in [-0.3, -0.25) is 0 Å². The predicted molar refractivity (Wildman–Crippen MR) is 89.9 cm³/mol. The molecule has 0 aromatic heterocycles. The van der Waals surface area contributed by atoms with Crippen molar-refractivity contribution in [3.05, 3.63) is 0 Å². The smallest absolute Gasteiger partial charge is 0.183 e. The summed E-state index contributed by atoms with van der Waals surface area (Å²) in [7, 11) is 4.55. The van der Waals surface area contributed by atoms with Gasteiger partial charge in [0.15, 0.2) is 6.73 Å². The minimum Gasteiger partial charge on any atom is -0.329 e. The van der Waals surface area contributed by atoms with Gasteiger partial charge in [0.05, 0.1) is 26.7 Å². The van der Waals surface area contributed by atoms with Crippen molar-refractivity contribution in [1.29, 1.82) is 0 Å². The molecule has 0 radical (unpaired) electrons. The Morgan fingerprint density at radius 2 is 1.20 bits per heavy atom. The van der Waals surface area contributed by atoms with Gasteiger partial charge in [0, 0.05) is 0 Å². The molecule has 0 saturated carbocycles. The molecule has 0 fully saturated rings. The van der Waals surface area contributed by atoms with Gasteiger partial charge in [0.1, 0.15) is 0 Å². The maximum atomic E-state index is 5.72. The van der Waals surface area contributed by atoms with Crippen LogP contribution in [-0.2, 0) is 4.74 Å². The molecule has 0 aromatic rings. The van der Waals surface area contributed by atoms with Crippen LogP contribution in [0.4, 0.5) is 0 Å². The summed E-state index contributed by atoms with van der Waals surface area (Å²) in [5, 5.41) is 0. The summed E-state index contributed by atoms with van der Waals surface area (Å²) in [5.41, 5.74) is 0. The molecule has 2 heteroatoms. The van der Waals surface area contributed by atoms with E-state index in [1.165, 1.54) is 70.8 Å². The van der Waals surface area contributed by atoms with E-state index in [4.69, 9.17) is 4.74 Å². The predicted octanol–water partition coefficient (Wildman–Crippen LogP) is 5.37. The molecule has 0 amide bonds. The fraction of sp³-hybridized carbons (Fsp3) is 1.00. The standard InChI is InChI=1S/C18H40NO/c1-6-7-8-9-10-11-12-13-14-15-16-19(4,5)17-20-18(2)3/h18H,6-17H2,1-5H3/q+1. The molecule has 0 atom stereocenters. The van der Waals surface area contributed by atoms with E-state index >= 15 is 0 Å². The molecule has 0 rings (SSSR count). The Balaban J connectivity index is 3.30. The van der Waals surface area contributed by atoms with Gasteiger partial charge in [0.25, 0.3) is 0 Å². The molecule has 0 spiro atoms. The van der Waals surface area contributed by atoms with E-state index in [1.54, 1.807) is 0 Å². The molecule has 0 unspecified atom stereocenters. The lowest BCUT2D eigenvalue weighted by Gasteiger charge is -2.30. The number of hydrogen-bond donors (Lipinski definition) is 0. The van der Waals surface area contributed by atoms with Crippen LogP contribution < -0.4 is 0 Å². The van der Waals surface area contributed by atoms with Crippen LogP contribution in [0.3, 0.4) is 0 Å². The lowest BCUT2D eigenvalue weighted by Crippen LogP contribution is -2.43. The highest BCUT2D eigenvalue weighted by molar-refractivity contribution is 4.47. The van der Waals surface area contributed by atoms with Crippen molar-refractivity contribution in [2.24, 2.45) is 0 Å². The topological polar surface area (TPSA) is 9.23 Å². The van der Waals surface area contributed by atoms with Crippen molar-refractivity contribution in [2.45, 2.75) is 91.1 Å². The molecule has 2 nitrogen and oxygen atoms in total. The number of hydrogen-bond acceptors (Lipinski definition) is 1. The van der Waals surface area contributed by atoms with E-state index in [1.807, 2.05) is 0 Å². The van der Waals surface area contributed by atoms with E-state index in [-0.39, 0.29) is 0 Å². The normalized spacial score (nSPS) is 12.3. The minimum atomic E-state index is 0.347. The fourth-order valence-electron chi connectivity index (χ4n) is 2.44. The third-order valence-corrected chi connectivity index (χ3v) is 3.87. The van der Waals surface area contributed by atoms with Crippen molar-refractivity contribution in [2.75, 3.05) is 27.4 Å². The summed E-state index contributed by atoms with van der Waals surface area (Å²) >= 11 is 0. The molecule has 0 heterocycles. The number of unbranched alkanes of at least 4 members (excludes halogenated alkanes) is 9. The van der Waals surface area contributed by atoms with Gasteiger partial charge in [-0.1, -0.05) is 58.3 Å². The van der Waals surface area contributed by atoms with E-state index in [2.05, 4.69) is 34.9 Å². The van der Waals surface area contributed by atoms with Gasteiger partial charge in [-0.25, -0.2) is 0 Å². The minimum absolute atomic E-state index is 0.347. The first-order valence-corrected chi connectivity index (χ1v) is 8.91. The number of rotatable bonds is 14. The molecule has 0 aliphatic heterocycles. The monoisotopic (exact) mass is 286 g/mol. The zero-order valence-electron chi connectivity index (χ0n) is 14.9. The van der Waals surface area contributed by atoms with Crippen LogP contribution in [0.2, 0.25) is 0 Å². The van der Waals surface area contributed by atoms with E-state index in [0.29, 0.717) is 6.10 Å². The fourth-order valence-corrected chi connectivity index (χ4v) is 2.44. The Bertz CT molecular complexity index is 202. The Kier molecular flexibility index (Phi) is 12.6. The van der Waals surface area contributed by atoms with E-state index in [0.717, 1.165) is 11.2 Å².